The average Bonchev–Trinajstić information content (AvgIpc) is 3.27. The lowest BCUT2D eigenvalue weighted by atomic mass is 10.1. The van der Waals surface area contributed by atoms with Crippen LogP contribution in [-0.2, 0) is 0 Å². The van der Waals surface area contributed by atoms with Gasteiger partial charge in [-0.3, -0.25) is 4.98 Å². The van der Waals surface area contributed by atoms with E-state index in [-0.39, 0.29) is 6.04 Å². The molecule has 5 heterocycles. The largest absolute Gasteiger partial charge is 0.383 e. The van der Waals surface area contributed by atoms with E-state index in [0.29, 0.717) is 5.82 Å². The number of hydrogen-bond donors (Lipinski definition) is 1. The van der Waals surface area contributed by atoms with Gasteiger partial charge in [-0.1, -0.05) is 12.1 Å². The topological polar surface area (TPSA) is 86.9 Å². The summed E-state index contributed by atoms with van der Waals surface area (Å²) in [7, 11) is 0. The lowest BCUT2D eigenvalue weighted by Crippen LogP contribution is -2.10. The van der Waals surface area contributed by atoms with Crippen LogP contribution in [0.3, 0.4) is 0 Å². The zero-order valence-electron chi connectivity index (χ0n) is 15.9. The summed E-state index contributed by atoms with van der Waals surface area (Å²) in [6, 6.07) is 12.3. The highest BCUT2D eigenvalue weighted by molar-refractivity contribution is 14.1. The Kier molecular flexibility index (Phi) is 4.23. The number of pyridine rings is 2. The minimum atomic E-state index is -0.0764. The molecule has 2 N–H and O–H groups in total. The second-order valence-electron chi connectivity index (χ2n) is 7.03. The number of nitrogens with two attached hydrogens (primary N) is 1. The third kappa shape index (κ3) is 2.86. The summed E-state index contributed by atoms with van der Waals surface area (Å²) in [5.41, 5.74) is 12.2. The molecule has 0 fully saturated rings. The maximum Gasteiger partial charge on any atom is 0.165 e. The van der Waals surface area contributed by atoms with Crippen LogP contribution in [0.5, 0.6) is 0 Å². The number of anilines is 1. The molecule has 8 heteroatoms. The maximum atomic E-state index is 6.08. The monoisotopic (exact) mass is 495 g/mol. The van der Waals surface area contributed by atoms with Crippen LogP contribution in [-0.4, -0.2) is 29.1 Å². The van der Waals surface area contributed by atoms with Crippen LogP contribution in [0.1, 0.15) is 24.1 Å². The molecule has 5 aromatic heterocycles. The summed E-state index contributed by atoms with van der Waals surface area (Å²) in [5.74, 6) is 0.445. The minimum absolute atomic E-state index is 0.0764. The molecule has 7 nitrogen and oxygen atoms in total. The first-order chi connectivity index (χ1) is 14.0. The van der Waals surface area contributed by atoms with Crippen molar-refractivity contribution >= 4 is 45.0 Å². The quantitative estimate of drug-likeness (QED) is 0.379. The zero-order valence-corrected chi connectivity index (χ0v) is 18.1. The van der Waals surface area contributed by atoms with Crippen LogP contribution in [0, 0.1) is 10.6 Å². The van der Waals surface area contributed by atoms with E-state index >= 15 is 0 Å². The summed E-state index contributed by atoms with van der Waals surface area (Å²) in [6.45, 7) is 4.21. The normalized spacial score (nSPS) is 12.7. The van der Waals surface area contributed by atoms with Gasteiger partial charge in [0.15, 0.2) is 5.65 Å². The van der Waals surface area contributed by atoms with Crippen molar-refractivity contribution in [3.8, 4) is 11.4 Å². The van der Waals surface area contributed by atoms with Crippen molar-refractivity contribution in [1.29, 1.82) is 0 Å². The maximum absolute atomic E-state index is 6.08. The predicted molar refractivity (Wildman–Crippen MR) is 122 cm³/mol. The number of nitrogen functional groups attached to an aromatic ring is 1. The SMILES string of the molecule is Cc1ccc2cc(C(C)n3nc(I)c4c(N)ncnc43)c(-c3ccccn3)n2c1. The summed E-state index contributed by atoms with van der Waals surface area (Å²) >= 11 is 2.19. The Labute approximate surface area is 180 Å². The van der Waals surface area contributed by atoms with E-state index in [1.807, 2.05) is 29.1 Å². The Morgan fingerprint density at radius 3 is 2.76 bits per heavy atom. The van der Waals surface area contributed by atoms with Gasteiger partial charge in [-0.05, 0) is 66.3 Å². The molecule has 0 bridgehead atoms. The molecule has 0 saturated carbocycles. The number of halogens is 1. The van der Waals surface area contributed by atoms with Gasteiger partial charge in [0.1, 0.15) is 15.8 Å². The highest BCUT2D eigenvalue weighted by atomic mass is 127. The molecule has 1 unspecified atom stereocenters. The van der Waals surface area contributed by atoms with Crippen LogP contribution < -0.4 is 5.73 Å². The molecule has 0 aromatic carbocycles. The van der Waals surface area contributed by atoms with Crippen LogP contribution in [0.2, 0.25) is 0 Å². The van der Waals surface area contributed by atoms with Crippen LogP contribution in [0.4, 0.5) is 5.82 Å². The lowest BCUT2D eigenvalue weighted by molar-refractivity contribution is 0.576. The van der Waals surface area contributed by atoms with E-state index < -0.39 is 0 Å². The number of fused-ring (bicyclic) bond motifs is 2. The average molecular weight is 495 g/mol. The standard InChI is InChI=1S/C21H18IN7/c1-12-6-7-14-9-15(18(28(14)10-12)16-5-3-4-8-24-16)13(2)29-21-17(19(22)27-29)20(23)25-11-26-21/h3-11,13H,1-2H3,(H2,23,25,26). The van der Waals surface area contributed by atoms with Crippen LogP contribution >= 0.6 is 22.6 Å². The first-order valence-corrected chi connectivity index (χ1v) is 10.3. The van der Waals surface area contributed by atoms with Gasteiger partial charge >= 0.3 is 0 Å². The Morgan fingerprint density at radius 1 is 1.10 bits per heavy atom. The van der Waals surface area contributed by atoms with Gasteiger partial charge < -0.3 is 10.1 Å². The number of aromatic nitrogens is 6. The third-order valence-electron chi connectivity index (χ3n) is 5.15. The summed E-state index contributed by atoms with van der Waals surface area (Å²) in [4.78, 5) is 13.2. The molecule has 0 spiro atoms. The second kappa shape index (κ2) is 6.80. The zero-order chi connectivity index (χ0) is 20.1. The first kappa shape index (κ1) is 18.0. The molecule has 0 saturated heterocycles. The van der Waals surface area contributed by atoms with Gasteiger partial charge in [0.25, 0.3) is 0 Å². The number of hydrogen-bond acceptors (Lipinski definition) is 5. The molecule has 0 aliphatic carbocycles. The summed E-state index contributed by atoms with van der Waals surface area (Å²) in [5, 5.41) is 5.53. The highest BCUT2D eigenvalue weighted by Gasteiger charge is 2.24. The molecular formula is C21H18IN7. The smallest absolute Gasteiger partial charge is 0.165 e. The Morgan fingerprint density at radius 2 is 1.97 bits per heavy atom. The molecule has 5 aromatic rings. The molecule has 0 aliphatic heterocycles. The van der Waals surface area contributed by atoms with Crippen molar-refractivity contribution in [3.63, 3.8) is 0 Å². The van der Waals surface area contributed by atoms with Gasteiger partial charge in [-0.15, -0.1) is 0 Å². The van der Waals surface area contributed by atoms with E-state index in [4.69, 9.17) is 10.8 Å². The van der Waals surface area contributed by atoms with Gasteiger partial charge in [0, 0.05) is 23.5 Å². The predicted octanol–water partition coefficient (Wildman–Crippen LogP) is 4.25. The third-order valence-corrected chi connectivity index (χ3v) is 5.90. The van der Waals surface area contributed by atoms with E-state index in [1.54, 1.807) is 0 Å². The van der Waals surface area contributed by atoms with Crippen molar-refractivity contribution in [2.24, 2.45) is 0 Å². The van der Waals surface area contributed by atoms with E-state index in [0.717, 1.165) is 37.2 Å². The van der Waals surface area contributed by atoms with Crippen LogP contribution in [0.15, 0.2) is 55.1 Å². The summed E-state index contributed by atoms with van der Waals surface area (Å²) < 4.78 is 4.91. The van der Waals surface area contributed by atoms with E-state index in [2.05, 4.69) is 80.2 Å². The van der Waals surface area contributed by atoms with Crippen LogP contribution in [0.25, 0.3) is 27.9 Å². The van der Waals surface area contributed by atoms with Gasteiger partial charge in [-0.25, -0.2) is 14.6 Å². The molecule has 144 valence electrons. The molecule has 0 aliphatic rings. The van der Waals surface area contributed by atoms with Crippen molar-refractivity contribution in [2.75, 3.05) is 5.73 Å². The summed E-state index contributed by atoms with van der Waals surface area (Å²) in [6.07, 6.45) is 5.44. The van der Waals surface area contributed by atoms with Gasteiger partial charge in [0.2, 0.25) is 0 Å². The lowest BCUT2D eigenvalue weighted by Gasteiger charge is -2.15. The molecular weight excluding hydrogens is 477 g/mol. The molecule has 0 radical (unpaired) electrons. The van der Waals surface area contributed by atoms with Crippen molar-refractivity contribution in [1.82, 2.24) is 29.1 Å². The Hall–Kier alpha value is -3.01. The molecule has 0 amide bonds. The second-order valence-corrected chi connectivity index (χ2v) is 8.06. The Balaban J connectivity index is 1.79. The molecule has 5 rings (SSSR count). The van der Waals surface area contributed by atoms with E-state index in [1.165, 1.54) is 11.9 Å². The highest BCUT2D eigenvalue weighted by Crippen LogP contribution is 2.35. The number of rotatable bonds is 3. The van der Waals surface area contributed by atoms with Gasteiger partial charge in [0.05, 0.1) is 22.8 Å². The minimum Gasteiger partial charge on any atom is -0.383 e. The van der Waals surface area contributed by atoms with Crippen molar-refractivity contribution < 1.29 is 0 Å². The molecule has 29 heavy (non-hydrogen) atoms. The van der Waals surface area contributed by atoms with E-state index in [9.17, 15) is 0 Å². The fourth-order valence-corrected chi connectivity index (χ4v) is 4.49. The van der Waals surface area contributed by atoms with Crippen molar-refractivity contribution in [3.05, 3.63) is 69.9 Å². The fraction of sp³-hybridized carbons (Fsp3) is 0.143. The first-order valence-electron chi connectivity index (χ1n) is 9.22. The Bertz CT molecular complexity index is 1350. The van der Waals surface area contributed by atoms with Crippen molar-refractivity contribution in [2.45, 2.75) is 19.9 Å². The number of nitrogens with zero attached hydrogens (tertiary/aromatic N) is 6. The molecule has 1 atom stereocenters. The number of aryl methyl sites for hydroxylation is 1. The van der Waals surface area contributed by atoms with Gasteiger partial charge in [-0.2, -0.15) is 5.10 Å². The fourth-order valence-electron chi connectivity index (χ4n) is 3.74.